The lowest BCUT2D eigenvalue weighted by Crippen LogP contribution is -2.19. The molecule has 2 N–H and O–H groups in total. The SMILES string of the molecule is CCCOc1nc(N(CC)c2ccccc2F)ccc1N. The van der Waals surface area contributed by atoms with Gasteiger partial charge in [0.05, 0.1) is 18.0 Å². The maximum atomic E-state index is 14.0. The average molecular weight is 289 g/mol. The maximum Gasteiger partial charge on any atom is 0.239 e. The molecule has 1 heterocycles. The summed E-state index contributed by atoms with van der Waals surface area (Å²) in [4.78, 5) is 6.20. The van der Waals surface area contributed by atoms with Crippen LogP contribution in [0.4, 0.5) is 21.6 Å². The first kappa shape index (κ1) is 15.1. The number of ether oxygens (including phenoxy) is 1. The molecule has 5 heteroatoms. The lowest BCUT2D eigenvalue weighted by atomic mass is 10.2. The van der Waals surface area contributed by atoms with Gasteiger partial charge in [-0.2, -0.15) is 4.98 Å². The summed E-state index contributed by atoms with van der Waals surface area (Å²) in [7, 11) is 0. The molecule has 1 aromatic carbocycles. The Morgan fingerprint density at radius 1 is 1.19 bits per heavy atom. The van der Waals surface area contributed by atoms with Crippen molar-refractivity contribution in [3.63, 3.8) is 0 Å². The van der Waals surface area contributed by atoms with Gasteiger partial charge in [-0.15, -0.1) is 0 Å². The number of aromatic nitrogens is 1. The highest BCUT2D eigenvalue weighted by molar-refractivity contribution is 5.63. The number of rotatable bonds is 6. The molecule has 0 atom stereocenters. The van der Waals surface area contributed by atoms with Crippen molar-refractivity contribution in [2.24, 2.45) is 0 Å². The Kier molecular flexibility index (Phi) is 4.98. The fourth-order valence-electron chi connectivity index (χ4n) is 2.03. The number of benzene rings is 1. The molecule has 0 amide bonds. The Morgan fingerprint density at radius 3 is 2.62 bits per heavy atom. The lowest BCUT2D eigenvalue weighted by Gasteiger charge is -2.23. The molecule has 112 valence electrons. The zero-order valence-electron chi connectivity index (χ0n) is 12.3. The van der Waals surface area contributed by atoms with Crippen LogP contribution >= 0.6 is 0 Å². The zero-order valence-corrected chi connectivity index (χ0v) is 12.3. The van der Waals surface area contributed by atoms with E-state index in [0.29, 0.717) is 36.2 Å². The number of nitrogen functional groups attached to an aromatic ring is 1. The summed E-state index contributed by atoms with van der Waals surface area (Å²) in [5, 5.41) is 0. The van der Waals surface area contributed by atoms with Gasteiger partial charge in [-0.1, -0.05) is 19.1 Å². The van der Waals surface area contributed by atoms with Crippen LogP contribution in [-0.2, 0) is 0 Å². The van der Waals surface area contributed by atoms with Crippen LogP contribution in [-0.4, -0.2) is 18.1 Å². The van der Waals surface area contributed by atoms with Crippen molar-refractivity contribution in [1.82, 2.24) is 4.98 Å². The summed E-state index contributed by atoms with van der Waals surface area (Å²) >= 11 is 0. The molecule has 0 radical (unpaired) electrons. The van der Waals surface area contributed by atoms with E-state index in [1.165, 1.54) is 6.07 Å². The van der Waals surface area contributed by atoms with E-state index in [1.54, 1.807) is 35.2 Å². The van der Waals surface area contributed by atoms with Crippen molar-refractivity contribution < 1.29 is 9.13 Å². The summed E-state index contributed by atoms with van der Waals surface area (Å²) in [6, 6.07) is 10.1. The van der Waals surface area contributed by atoms with Crippen LogP contribution in [0.25, 0.3) is 0 Å². The molecule has 0 aliphatic rings. The Hall–Kier alpha value is -2.30. The predicted octanol–water partition coefficient (Wildman–Crippen LogP) is 3.75. The van der Waals surface area contributed by atoms with Crippen molar-refractivity contribution in [3.8, 4) is 5.88 Å². The molecule has 0 aliphatic carbocycles. The molecular formula is C16H20FN3O. The fourth-order valence-corrected chi connectivity index (χ4v) is 2.03. The van der Waals surface area contributed by atoms with Gasteiger partial charge in [-0.25, -0.2) is 4.39 Å². The maximum absolute atomic E-state index is 14.0. The van der Waals surface area contributed by atoms with Crippen molar-refractivity contribution in [1.29, 1.82) is 0 Å². The van der Waals surface area contributed by atoms with Crippen LogP contribution in [0.5, 0.6) is 5.88 Å². The number of nitrogens with two attached hydrogens (primary N) is 1. The van der Waals surface area contributed by atoms with Gasteiger partial charge < -0.3 is 15.4 Å². The molecule has 4 nitrogen and oxygen atoms in total. The number of anilines is 3. The number of para-hydroxylation sites is 1. The first-order valence-corrected chi connectivity index (χ1v) is 7.08. The number of halogens is 1. The summed E-state index contributed by atoms with van der Waals surface area (Å²) in [6.07, 6.45) is 0.871. The van der Waals surface area contributed by atoms with E-state index in [1.807, 2.05) is 13.8 Å². The van der Waals surface area contributed by atoms with Gasteiger partial charge in [0.25, 0.3) is 0 Å². The molecule has 0 bridgehead atoms. The minimum absolute atomic E-state index is 0.283. The highest BCUT2D eigenvalue weighted by atomic mass is 19.1. The molecule has 0 saturated heterocycles. The second-order valence-electron chi connectivity index (χ2n) is 4.61. The smallest absolute Gasteiger partial charge is 0.239 e. The van der Waals surface area contributed by atoms with Crippen LogP contribution in [0.2, 0.25) is 0 Å². The molecule has 0 aliphatic heterocycles. The standard InChI is InChI=1S/C16H20FN3O/c1-3-11-21-16-13(18)9-10-15(19-16)20(4-2)14-8-6-5-7-12(14)17/h5-10H,3-4,11,18H2,1-2H3. The number of pyridine rings is 1. The minimum atomic E-state index is -0.283. The lowest BCUT2D eigenvalue weighted by molar-refractivity contribution is 0.307. The van der Waals surface area contributed by atoms with Crippen LogP contribution in [0, 0.1) is 5.82 Å². The quantitative estimate of drug-likeness (QED) is 0.880. The van der Waals surface area contributed by atoms with E-state index in [-0.39, 0.29) is 5.82 Å². The fraction of sp³-hybridized carbons (Fsp3) is 0.312. The Morgan fingerprint density at radius 2 is 1.95 bits per heavy atom. The van der Waals surface area contributed by atoms with Gasteiger partial charge in [0.1, 0.15) is 11.6 Å². The van der Waals surface area contributed by atoms with Crippen molar-refractivity contribution in [2.75, 3.05) is 23.8 Å². The number of nitrogens with zero attached hydrogens (tertiary/aromatic N) is 2. The molecule has 2 rings (SSSR count). The van der Waals surface area contributed by atoms with Gasteiger partial charge in [0.15, 0.2) is 0 Å². The third-order valence-corrected chi connectivity index (χ3v) is 3.05. The Labute approximate surface area is 124 Å². The van der Waals surface area contributed by atoms with Crippen LogP contribution < -0.4 is 15.4 Å². The zero-order chi connectivity index (χ0) is 15.2. The third-order valence-electron chi connectivity index (χ3n) is 3.05. The first-order valence-electron chi connectivity index (χ1n) is 7.08. The summed E-state index contributed by atoms with van der Waals surface area (Å²) in [6.45, 7) is 5.09. The first-order chi connectivity index (χ1) is 10.2. The molecule has 0 unspecified atom stereocenters. The molecule has 21 heavy (non-hydrogen) atoms. The second kappa shape index (κ2) is 6.92. The number of hydrogen-bond donors (Lipinski definition) is 1. The van der Waals surface area contributed by atoms with Crippen LogP contribution in [0.3, 0.4) is 0 Å². The van der Waals surface area contributed by atoms with E-state index in [2.05, 4.69) is 4.98 Å². The van der Waals surface area contributed by atoms with Crippen LogP contribution in [0.1, 0.15) is 20.3 Å². The number of hydrogen-bond acceptors (Lipinski definition) is 4. The predicted molar refractivity (Wildman–Crippen MR) is 83.5 cm³/mol. The third kappa shape index (κ3) is 3.42. The summed E-state index contributed by atoms with van der Waals surface area (Å²) < 4.78 is 19.5. The van der Waals surface area contributed by atoms with Crippen molar-refractivity contribution >= 4 is 17.2 Å². The Bertz CT molecular complexity index is 604. The van der Waals surface area contributed by atoms with E-state index in [0.717, 1.165) is 6.42 Å². The normalized spacial score (nSPS) is 10.4. The minimum Gasteiger partial charge on any atom is -0.476 e. The second-order valence-corrected chi connectivity index (χ2v) is 4.61. The monoisotopic (exact) mass is 289 g/mol. The van der Waals surface area contributed by atoms with Crippen molar-refractivity contribution in [2.45, 2.75) is 20.3 Å². The van der Waals surface area contributed by atoms with Crippen molar-refractivity contribution in [3.05, 3.63) is 42.2 Å². The molecule has 1 aromatic heterocycles. The van der Waals surface area contributed by atoms with Crippen LogP contribution in [0.15, 0.2) is 36.4 Å². The van der Waals surface area contributed by atoms with E-state index in [9.17, 15) is 4.39 Å². The largest absolute Gasteiger partial charge is 0.476 e. The molecule has 2 aromatic rings. The summed E-state index contributed by atoms with van der Waals surface area (Å²) in [5.41, 5.74) is 6.83. The van der Waals surface area contributed by atoms with Gasteiger partial charge in [-0.3, -0.25) is 0 Å². The molecule has 0 saturated carbocycles. The topological polar surface area (TPSA) is 51.4 Å². The molecular weight excluding hydrogens is 269 g/mol. The van der Waals surface area contributed by atoms with E-state index >= 15 is 0 Å². The van der Waals surface area contributed by atoms with Gasteiger partial charge in [-0.05, 0) is 37.6 Å². The summed E-state index contributed by atoms with van der Waals surface area (Å²) in [5.74, 6) is 0.723. The van der Waals surface area contributed by atoms with Gasteiger partial charge in [0, 0.05) is 6.54 Å². The molecule has 0 fully saturated rings. The van der Waals surface area contributed by atoms with E-state index in [4.69, 9.17) is 10.5 Å². The Balaban J connectivity index is 2.36. The average Bonchev–Trinajstić information content (AvgIpc) is 2.50. The van der Waals surface area contributed by atoms with Gasteiger partial charge in [0.2, 0.25) is 5.88 Å². The highest BCUT2D eigenvalue weighted by Crippen LogP contribution is 2.29. The highest BCUT2D eigenvalue weighted by Gasteiger charge is 2.14. The van der Waals surface area contributed by atoms with Gasteiger partial charge >= 0.3 is 0 Å². The van der Waals surface area contributed by atoms with E-state index < -0.39 is 0 Å². The molecule has 0 spiro atoms.